The molecule has 2 aromatic rings. The Bertz CT molecular complexity index is 625. The highest BCUT2D eigenvalue weighted by Crippen LogP contribution is 2.22. The molecular weight excluding hydrogens is 312 g/mol. The standard InChI is InChI=1S/C17H22N2O3S/c1-12-8-10-23-16(12)15(20)11-19-17(21)18-9-7-13-3-5-14(22-2)6-4-13/h3-6,8,10,15,20H,7,9,11H2,1-2H3,(H2,18,19,21)/t15-/m0/s1. The van der Waals surface area contributed by atoms with Gasteiger partial charge in [0.1, 0.15) is 11.9 Å². The number of hydrogen-bond donors (Lipinski definition) is 3. The minimum Gasteiger partial charge on any atom is -0.497 e. The van der Waals surface area contributed by atoms with Gasteiger partial charge in [0, 0.05) is 11.4 Å². The zero-order chi connectivity index (χ0) is 16.7. The van der Waals surface area contributed by atoms with E-state index < -0.39 is 6.10 Å². The lowest BCUT2D eigenvalue weighted by Gasteiger charge is -2.12. The molecular formula is C17H22N2O3S. The van der Waals surface area contributed by atoms with Crippen molar-refractivity contribution in [1.82, 2.24) is 10.6 Å². The molecule has 0 aliphatic heterocycles. The van der Waals surface area contributed by atoms with Crippen molar-refractivity contribution in [2.24, 2.45) is 0 Å². The molecule has 0 spiro atoms. The summed E-state index contributed by atoms with van der Waals surface area (Å²) in [6.07, 6.45) is 0.0756. The van der Waals surface area contributed by atoms with Gasteiger partial charge in [-0.25, -0.2) is 4.79 Å². The van der Waals surface area contributed by atoms with Crippen molar-refractivity contribution in [2.75, 3.05) is 20.2 Å². The number of benzene rings is 1. The molecule has 0 fully saturated rings. The molecule has 5 nitrogen and oxygen atoms in total. The number of rotatable bonds is 7. The van der Waals surface area contributed by atoms with Crippen molar-refractivity contribution in [3.63, 3.8) is 0 Å². The molecule has 1 heterocycles. The van der Waals surface area contributed by atoms with Gasteiger partial charge in [-0.1, -0.05) is 12.1 Å². The number of thiophene rings is 1. The predicted octanol–water partition coefficient (Wildman–Crippen LogP) is 2.64. The number of carbonyl (C=O) groups is 1. The Hall–Kier alpha value is -2.05. The quantitative estimate of drug-likeness (QED) is 0.729. The molecule has 0 saturated carbocycles. The third kappa shape index (κ3) is 5.26. The first-order valence-corrected chi connectivity index (χ1v) is 8.35. The minimum absolute atomic E-state index is 0.204. The lowest BCUT2D eigenvalue weighted by molar-refractivity contribution is 0.176. The largest absolute Gasteiger partial charge is 0.497 e. The third-order valence-electron chi connectivity index (χ3n) is 3.52. The van der Waals surface area contributed by atoms with Crippen LogP contribution in [-0.2, 0) is 6.42 Å². The van der Waals surface area contributed by atoms with Gasteiger partial charge in [0.2, 0.25) is 0 Å². The van der Waals surface area contributed by atoms with Crippen molar-refractivity contribution < 1.29 is 14.6 Å². The first kappa shape index (κ1) is 17.3. The number of nitrogens with one attached hydrogen (secondary N) is 2. The van der Waals surface area contributed by atoms with E-state index in [1.54, 1.807) is 7.11 Å². The fraction of sp³-hybridized carbons (Fsp3) is 0.353. The summed E-state index contributed by atoms with van der Waals surface area (Å²) in [5, 5.41) is 17.5. The second-order valence-corrected chi connectivity index (χ2v) is 6.17. The van der Waals surface area contributed by atoms with E-state index in [2.05, 4.69) is 10.6 Å². The number of ether oxygens (including phenoxy) is 1. The van der Waals surface area contributed by atoms with Gasteiger partial charge in [0.15, 0.2) is 0 Å². The van der Waals surface area contributed by atoms with Crippen molar-refractivity contribution >= 4 is 17.4 Å². The Kier molecular flexibility index (Phi) is 6.43. The molecule has 2 amide bonds. The van der Waals surface area contributed by atoms with Gasteiger partial charge in [0.05, 0.1) is 13.7 Å². The number of hydrogen-bond acceptors (Lipinski definition) is 4. The molecule has 1 aromatic heterocycles. The second-order valence-electron chi connectivity index (χ2n) is 5.22. The van der Waals surface area contributed by atoms with Crippen LogP contribution in [0, 0.1) is 6.92 Å². The Balaban J connectivity index is 1.67. The van der Waals surface area contributed by atoms with Gasteiger partial charge in [-0.05, 0) is 48.1 Å². The molecule has 1 aromatic carbocycles. The first-order valence-electron chi connectivity index (χ1n) is 7.47. The number of carbonyl (C=O) groups excluding carboxylic acids is 1. The highest BCUT2D eigenvalue weighted by molar-refractivity contribution is 7.10. The molecule has 3 N–H and O–H groups in total. The van der Waals surface area contributed by atoms with E-state index in [0.717, 1.165) is 28.2 Å². The predicted molar refractivity (Wildman–Crippen MR) is 92.1 cm³/mol. The highest BCUT2D eigenvalue weighted by Gasteiger charge is 2.12. The van der Waals surface area contributed by atoms with Crippen molar-refractivity contribution in [3.05, 3.63) is 51.7 Å². The van der Waals surface area contributed by atoms with Crippen LogP contribution < -0.4 is 15.4 Å². The van der Waals surface area contributed by atoms with Crippen LogP contribution in [0.1, 0.15) is 22.1 Å². The van der Waals surface area contributed by atoms with Crippen molar-refractivity contribution in [1.29, 1.82) is 0 Å². The van der Waals surface area contributed by atoms with E-state index in [1.807, 2.05) is 42.6 Å². The van der Waals surface area contributed by atoms with Crippen LogP contribution in [0.5, 0.6) is 5.75 Å². The number of aryl methyl sites for hydroxylation is 1. The zero-order valence-electron chi connectivity index (χ0n) is 13.3. The molecule has 0 saturated heterocycles. The van der Waals surface area contributed by atoms with Crippen molar-refractivity contribution in [2.45, 2.75) is 19.4 Å². The molecule has 6 heteroatoms. The average Bonchev–Trinajstić information content (AvgIpc) is 2.99. The second kappa shape index (κ2) is 8.55. The first-order chi connectivity index (χ1) is 11.1. The Labute approximate surface area is 140 Å². The van der Waals surface area contributed by atoms with E-state index in [-0.39, 0.29) is 12.6 Å². The van der Waals surface area contributed by atoms with Gasteiger partial charge in [-0.15, -0.1) is 11.3 Å². The van der Waals surface area contributed by atoms with Crippen LogP contribution in [0.2, 0.25) is 0 Å². The maximum Gasteiger partial charge on any atom is 0.314 e. The van der Waals surface area contributed by atoms with Crippen LogP contribution in [0.15, 0.2) is 35.7 Å². The van der Waals surface area contributed by atoms with E-state index in [0.29, 0.717) is 6.54 Å². The molecule has 124 valence electrons. The fourth-order valence-corrected chi connectivity index (χ4v) is 3.10. The molecule has 0 unspecified atom stereocenters. The van der Waals surface area contributed by atoms with Crippen LogP contribution in [-0.4, -0.2) is 31.3 Å². The monoisotopic (exact) mass is 334 g/mol. The van der Waals surface area contributed by atoms with Gasteiger partial charge in [0.25, 0.3) is 0 Å². The van der Waals surface area contributed by atoms with Crippen molar-refractivity contribution in [3.8, 4) is 5.75 Å². The van der Waals surface area contributed by atoms with E-state index in [4.69, 9.17) is 4.74 Å². The number of aliphatic hydroxyl groups is 1. The van der Waals surface area contributed by atoms with Crippen LogP contribution >= 0.6 is 11.3 Å². The summed E-state index contributed by atoms with van der Waals surface area (Å²) in [4.78, 5) is 12.6. The van der Waals surface area contributed by atoms with Crippen LogP contribution in [0.4, 0.5) is 4.79 Å². The summed E-state index contributed by atoms with van der Waals surface area (Å²) in [6.45, 7) is 2.69. The SMILES string of the molecule is COc1ccc(CCNC(=O)NC[C@H](O)c2sccc2C)cc1. The summed E-state index contributed by atoms with van der Waals surface area (Å²) < 4.78 is 5.10. The minimum atomic E-state index is -0.665. The average molecular weight is 334 g/mol. The Morgan fingerprint density at radius 2 is 2.00 bits per heavy atom. The Morgan fingerprint density at radius 1 is 1.26 bits per heavy atom. The number of aliphatic hydroxyl groups excluding tert-OH is 1. The van der Waals surface area contributed by atoms with Crippen LogP contribution in [0.3, 0.4) is 0 Å². The molecule has 2 rings (SSSR count). The molecule has 0 bridgehead atoms. The topological polar surface area (TPSA) is 70.6 Å². The van der Waals surface area contributed by atoms with Gasteiger partial charge in [-0.3, -0.25) is 0 Å². The summed E-state index contributed by atoms with van der Waals surface area (Å²) in [6, 6.07) is 9.43. The molecule has 0 radical (unpaired) electrons. The summed E-state index contributed by atoms with van der Waals surface area (Å²) in [7, 11) is 1.63. The molecule has 1 atom stereocenters. The van der Waals surface area contributed by atoms with E-state index in [9.17, 15) is 9.90 Å². The summed E-state index contributed by atoms with van der Waals surface area (Å²) in [5.41, 5.74) is 2.17. The lowest BCUT2D eigenvalue weighted by Crippen LogP contribution is -2.38. The van der Waals surface area contributed by atoms with Gasteiger partial charge >= 0.3 is 6.03 Å². The van der Waals surface area contributed by atoms with E-state index >= 15 is 0 Å². The number of urea groups is 1. The third-order valence-corrected chi connectivity index (χ3v) is 4.64. The summed E-state index contributed by atoms with van der Waals surface area (Å²) >= 11 is 1.50. The maximum atomic E-state index is 11.7. The van der Waals surface area contributed by atoms with Gasteiger partial charge < -0.3 is 20.5 Å². The molecule has 0 aliphatic rings. The lowest BCUT2D eigenvalue weighted by atomic mass is 10.1. The summed E-state index contributed by atoms with van der Waals surface area (Å²) in [5.74, 6) is 0.817. The Morgan fingerprint density at radius 3 is 2.61 bits per heavy atom. The molecule has 0 aliphatic carbocycles. The van der Waals surface area contributed by atoms with E-state index in [1.165, 1.54) is 11.3 Å². The van der Waals surface area contributed by atoms with Crippen LogP contribution in [0.25, 0.3) is 0 Å². The normalized spacial score (nSPS) is 11.8. The highest BCUT2D eigenvalue weighted by atomic mass is 32.1. The number of amides is 2. The number of methoxy groups -OCH3 is 1. The fourth-order valence-electron chi connectivity index (χ4n) is 2.18. The van der Waals surface area contributed by atoms with Gasteiger partial charge in [-0.2, -0.15) is 0 Å². The zero-order valence-corrected chi connectivity index (χ0v) is 14.2. The smallest absolute Gasteiger partial charge is 0.314 e. The maximum absolute atomic E-state index is 11.7. The molecule has 23 heavy (non-hydrogen) atoms.